The third-order valence-corrected chi connectivity index (χ3v) is 4.06. The molecule has 1 aliphatic rings. The Morgan fingerprint density at radius 1 is 1.35 bits per heavy atom. The second-order valence-electron chi connectivity index (χ2n) is 4.22. The predicted octanol–water partition coefficient (Wildman–Crippen LogP) is 2.49. The summed E-state index contributed by atoms with van der Waals surface area (Å²) in [4.78, 5) is 2.32. The quantitative estimate of drug-likeness (QED) is 0.892. The average molecular weight is 254 g/mol. The fourth-order valence-electron chi connectivity index (χ4n) is 2.18. The van der Waals surface area contributed by atoms with E-state index in [4.69, 9.17) is 0 Å². The zero-order valence-corrected chi connectivity index (χ0v) is 11.0. The summed E-state index contributed by atoms with van der Waals surface area (Å²) in [5.41, 5.74) is 1.85. The number of benzene rings is 1. The van der Waals surface area contributed by atoms with E-state index in [0.717, 1.165) is 30.1 Å². The van der Waals surface area contributed by atoms with Gasteiger partial charge in [0.15, 0.2) is 0 Å². The number of nitrogens with one attached hydrogen (secondary N) is 1. The summed E-state index contributed by atoms with van der Waals surface area (Å²) >= 11 is 1.99. The van der Waals surface area contributed by atoms with Crippen molar-refractivity contribution in [1.82, 2.24) is 5.32 Å². The normalized spacial score (nSPS) is 16.9. The smallest absolute Gasteiger partial charge is 0.129 e. The maximum atomic E-state index is 13.8. The molecule has 4 heteroatoms. The van der Waals surface area contributed by atoms with Crippen molar-refractivity contribution < 1.29 is 4.39 Å². The third-order valence-electron chi connectivity index (χ3n) is 3.01. The standard InChI is InChI=1S/C13H19FN2S/c1-15-10-11-12(14)4-2-5-13(11)16-6-3-8-17-9-7-16/h2,4-5,15H,3,6-10H2,1H3. The van der Waals surface area contributed by atoms with E-state index in [-0.39, 0.29) is 5.82 Å². The van der Waals surface area contributed by atoms with Crippen LogP contribution in [0.4, 0.5) is 10.1 Å². The lowest BCUT2D eigenvalue weighted by Crippen LogP contribution is -2.27. The number of thioether (sulfide) groups is 1. The Bertz CT molecular complexity index is 362. The van der Waals surface area contributed by atoms with Crippen LogP contribution in [0.1, 0.15) is 12.0 Å². The van der Waals surface area contributed by atoms with Gasteiger partial charge in [0, 0.05) is 36.6 Å². The summed E-state index contributed by atoms with van der Waals surface area (Å²) in [6.45, 7) is 2.64. The van der Waals surface area contributed by atoms with Crippen molar-refractivity contribution in [1.29, 1.82) is 0 Å². The van der Waals surface area contributed by atoms with Gasteiger partial charge >= 0.3 is 0 Å². The topological polar surface area (TPSA) is 15.3 Å². The molecule has 94 valence electrons. The largest absolute Gasteiger partial charge is 0.370 e. The van der Waals surface area contributed by atoms with Crippen molar-refractivity contribution in [3.63, 3.8) is 0 Å². The summed E-state index contributed by atoms with van der Waals surface area (Å²) in [6, 6.07) is 5.39. The van der Waals surface area contributed by atoms with Gasteiger partial charge in [-0.2, -0.15) is 11.8 Å². The van der Waals surface area contributed by atoms with Gasteiger partial charge < -0.3 is 10.2 Å². The zero-order valence-electron chi connectivity index (χ0n) is 10.2. The molecule has 17 heavy (non-hydrogen) atoms. The van der Waals surface area contributed by atoms with Crippen LogP contribution >= 0.6 is 11.8 Å². The second-order valence-corrected chi connectivity index (χ2v) is 5.45. The van der Waals surface area contributed by atoms with E-state index in [1.54, 1.807) is 6.07 Å². The van der Waals surface area contributed by atoms with Crippen molar-refractivity contribution in [2.24, 2.45) is 0 Å². The van der Waals surface area contributed by atoms with E-state index in [0.29, 0.717) is 6.54 Å². The van der Waals surface area contributed by atoms with Crippen molar-refractivity contribution in [3.8, 4) is 0 Å². The van der Waals surface area contributed by atoms with Crippen LogP contribution < -0.4 is 10.2 Å². The first-order valence-electron chi connectivity index (χ1n) is 6.07. The SMILES string of the molecule is CNCc1c(F)cccc1N1CCCSCC1. The number of rotatable bonds is 3. The van der Waals surface area contributed by atoms with E-state index < -0.39 is 0 Å². The van der Waals surface area contributed by atoms with Crippen LogP contribution in [0.5, 0.6) is 0 Å². The fraction of sp³-hybridized carbons (Fsp3) is 0.538. The lowest BCUT2D eigenvalue weighted by molar-refractivity contribution is 0.599. The molecule has 1 aromatic carbocycles. The summed E-state index contributed by atoms with van der Waals surface area (Å²) < 4.78 is 13.8. The van der Waals surface area contributed by atoms with Crippen molar-refractivity contribution in [3.05, 3.63) is 29.6 Å². The molecule has 0 spiro atoms. The van der Waals surface area contributed by atoms with Crippen LogP contribution in [-0.4, -0.2) is 31.6 Å². The highest BCUT2D eigenvalue weighted by Gasteiger charge is 2.15. The first kappa shape index (κ1) is 12.7. The highest BCUT2D eigenvalue weighted by molar-refractivity contribution is 7.99. The molecular weight excluding hydrogens is 235 g/mol. The molecular formula is C13H19FN2S. The number of halogens is 1. The molecule has 0 radical (unpaired) electrons. The molecule has 1 saturated heterocycles. The Labute approximate surface area is 107 Å². The van der Waals surface area contributed by atoms with Gasteiger partial charge in [0.2, 0.25) is 0 Å². The van der Waals surface area contributed by atoms with Crippen molar-refractivity contribution in [2.75, 3.05) is 36.5 Å². The van der Waals surface area contributed by atoms with Gasteiger partial charge in [0.05, 0.1) is 0 Å². The second kappa shape index (κ2) is 6.26. The molecule has 0 aliphatic carbocycles. The maximum absolute atomic E-state index is 13.8. The first-order valence-corrected chi connectivity index (χ1v) is 7.23. The minimum Gasteiger partial charge on any atom is -0.370 e. The Morgan fingerprint density at radius 3 is 3.06 bits per heavy atom. The Morgan fingerprint density at radius 2 is 2.24 bits per heavy atom. The summed E-state index contributed by atoms with van der Waals surface area (Å²) in [7, 11) is 1.86. The lowest BCUT2D eigenvalue weighted by Gasteiger charge is -2.25. The lowest BCUT2D eigenvalue weighted by atomic mass is 10.1. The number of hydrogen-bond acceptors (Lipinski definition) is 3. The van der Waals surface area contributed by atoms with Gasteiger partial charge in [-0.1, -0.05) is 6.07 Å². The molecule has 0 amide bonds. The van der Waals surface area contributed by atoms with E-state index in [2.05, 4.69) is 10.2 Å². The Hall–Kier alpha value is -0.740. The Balaban J connectivity index is 2.25. The van der Waals surface area contributed by atoms with E-state index in [9.17, 15) is 4.39 Å². The molecule has 0 atom stereocenters. The van der Waals surface area contributed by atoms with Crippen molar-refractivity contribution in [2.45, 2.75) is 13.0 Å². The molecule has 1 fully saturated rings. The highest BCUT2D eigenvalue weighted by Crippen LogP contribution is 2.25. The van der Waals surface area contributed by atoms with Crippen LogP contribution in [0.15, 0.2) is 18.2 Å². The molecule has 0 saturated carbocycles. The molecule has 1 aliphatic heterocycles. The van der Waals surface area contributed by atoms with E-state index in [1.807, 2.05) is 30.9 Å². The summed E-state index contributed by atoms with van der Waals surface area (Å²) in [5, 5.41) is 3.05. The average Bonchev–Trinajstić information content (AvgIpc) is 2.60. The fourth-order valence-corrected chi connectivity index (χ4v) is 3.07. The minimum absolute atomic E-state index is 0.103. The molecule has 0 aromatic heterocycles. The molecule has 0 unspecified atom stereocenters. The van der Waals surface area contributed by atoms with Crippen LogP contribution in [0.2, 0.25) is 0 Å². The van der Waals surface area contributed by atoms with Crippen LogP contribution in [-0.2, 0) is 6.54 Å². The van der Waals surface area contributed by atoms with Gasteiger partial charge in [0.1, 0.15) is 5.82 Å². The molecule has 1 heterocycles. The number of anilines is 1. The summed E-state index contributed by atoms with van der Waals surface area (Å²) in [6.07, 6.45) is 1.18. The van der Waals surface area contributed by atoms with Crippen LogP contribution in [0.25, 0.3) is 0 Å². The predicted molar refractivity (Wildman–Crippen MR) is 73.3 cm³/mol. The van der Waals surface area contributed by atoms with Gasteiger partial charge in [-0.05, 0) is 31.4 Å². The molecule has 2 nitrogen and oxygen atoms in total. The molecule has 1 N–H and O–H groups in total. The monoisotopic (exact) mass is 254 g/mol. The van der Waals surface area contributed by atoms with E-state index in [1.165, 1.54) is 12.2 Å². The number of nitrogens with zero attached hydrogens (tertiary/aromatic N) is 1. The molecule has 2 rings (SSSR count). The van der Waals surface area contributed by atoms with E-state index >= 15 is 0 Å². The minimum atomic E-state index is -0.103. The van der Waals surface area contributed by atoms with Gasteiger partial charge in [-0.15, -0.1) is 0 Å². The zero-order chi connectivity index (χ0) is 12.1. The third kappa shape index (κ3) is 3.13. The molecule has 1 aromatic rings. The van der Waals surface area contributed by atoms with Gasteiger partial charge in [-0.3, -0.25) is 0 Å². The van der Waals surface area contributed by atoms with Crippen LogP contribution in [0, 0.1) is 5.82 Å². The first-order chi connectivity index (χ1) is 8.33. The Kier molecular flexibility index (Phi) is 4.68. The molecule has 0 bridgehead atoms. The highest BCUT2D eigenvalue weighted by atomic mass is 32.2. The van der Waals surface area contributed by atoms with Gasteiger partial charge in [0.25, 0.3) is 0 Å². The summed E-state index contributed by atoms with van der Waals surface area (Å²) in [5.74, 6) is 2.25. The van der Waals surface area contributed by atoms with Crippen molar-refractivity contribution >= 4 is 17.4 Å². The van der Waals surface area contributed by atoms with Gasteiger partial charge in [-0.25, -0.2) is 4.39 Å². The van der Waals surface area contributed by atoms with Crippen LogP contribution in [0.3, 0.4) is 0 Å². The maximum Gasteiger partial charge on any atom is 0.129 e. The number of hydrogen-bond donors (Lipinski definition) is 1.